The summed E-state index contributed by atoms with van der Waals surface area (Å²) in [5, 5.41) is 7.00. The summed E-state index contributed by atoms with van der Waals surface area (Å²) in [6, 6.07) is 9.39. The van der Waals surface area contributed by atoms with Crippen LogP contribution in [-0.4, -0.2) is 57.6 Å². The Bertz CT molecular complexity index is 1180. The van der Waals surface area contributed by atoms with E-state index in [0.29, 0.717) is 41.9 Å². The summed E-state index contributed by atoms with van der Waals surface area (Å²) < 4.78 is 1.63. The number of hydrogen-bond donors (Lipinski definition) is 3. The van der Waals surface area contributed by atoms with Crippen molar-refractivity contribution in [1.29, 1.82) is 0 Å². The highest BCUT2D eigenvalue weighted by Gasteiger charge is 2.18. The molecule has 1 aromatic carbocycles. The van der Waals surface area contributed by atoms with Crippen molar-refractivity contribution in [1.82, 2.24) is 24.8 Å². The van der Waals surface area contributed by atoms with Gasteiger partial charge in [-0.3, -0.25) is 9.59 Å². The molecule has 0 spiro atoms. The van der Waals surface area contributed by atoms with Gasteiger partial charge in [0, 0.05) is 44.0 Å². The maximum absolute atomic E-state index is 13.3. The predicted octanol–water partition coefficient (Wildman–Crippen LogP) is 2.07. The molecule has 0 saturated carbocycles. The van der Waals surface area contributed by atoms with Crippen LogP contribution >= 0.6 is 0 Å². The van der Waals surface area contributed by atoms with E-state index in [1.807, 2.05) is 29.2 Å². The van der Waals surface area contributed by atoms with E-state index in [9.17, 15) is 9.59 Å². The number of carbonyl (C=O) groups is 1. The van der Waals surface area contributed by atoms with Crippen molar-refractivity contribution in [3.05, 3.63) is 58.0 Å². The number of rotatable bonds is 7. The lowest BCUT2D eigenvalue weighted by molar-refractivity contribution is 0.0736. The summed E-state index contributed by atoms with van der Waals surface area (Å²) in [7, 11) is 0. The second kappa shape index (κ2) is 9.99. The van der Waals surface area contributed by atoms with E-state index in [1.165, 1.54) is 0 Å². The van der Waals surface area contributed by atoms with E-state index in [0.717, 1.165) is 31.5 Å². The third kappa shape index (κ3) is 5.14. The van der Waals surface area contributed by atoms with Crippen LogP contribution in [0.2, 0.25) is 0 Å². The Morgan fingerprint density at radius 3 is 2.61 bits per heavy atom. The number of hydrogen-bond acceptors (Lipinski definition) is 7. The average Bonchev–Trinajstić information content (AvgIpc) is 2.81. The zero-order valence-electron chi connectivity index (χ0n) is 19.2. The standard InChI is InChI=1S/C24H31N7O2/c1-3-4-16(2)27-21-20-19(28-24(25)29-21)9-12-31(23(20)33)15-17-5-7-18(8-6-17)22(32)30-13-10-26-11-14-30/h5-9,12,16,26H,3-4,10-11,13-15H2,1-2H3,(H3,25,27,28,29)/t16-/m1/s1. The Kier molecular flexibility index (Phi) is 6.88. The topological polar surface area (TPSA) is 118 Å². The second-order valence-electron chi connectivity index (χ2n) is 8.51. The fourth-order valence-electron chi connectivity index (χ4n) is 4.17. The molecule has 0 radical (unpaired) electrons. The van der Waals surface area contributed by atoms with Gasteiger partial charge < -0.3 is 25.8 Å². The van der Waals surface area contributed by atoms with Gasteiger partial charge in [-0.15, -0.1) is 0 Å². The van der Waals surface area contributed by atoms with Gasteiger partial charge >= 0.3 is 0 Å². The quantitative estimate of drug-likeness (QED) is 0.505. The number of fused-ring (bicyclic) bond motifs is 1. The molecule has 0 bridgehead atoms. The largest absolute Gasteiger partial charge is 0.368 e. The number of carbonyl (C=O) groups excluding carboxylic acids is 1. The molecule has 0 aliphatic carbocycles. The summed E-state index contributed by atoms with van der Waals surface area (Å²) in [5.74, 6) is 0.642. The maximum Gasteiger partial charge on any atom is 0.264 e. The Balaban J connectivity index is 1.58. The van der Waals surface area contributed by atoms with Crippen molar-refractivity contribution in [2.24, 2.45) is 0 Å². The summed E-state index contributed by atoms with van der Waals surface area (Å²) in [4.78, 5) is 36.4. The monoisotopic (exact) mass is 449 g/mol. The van der Waals surface area contributed by atoms with E-state index in [-0.39, 0.29) is 23.5 Å². The first-order valence-electron chi connectivity index (χ1n) is 11.5. The van der Waals surface area contributed by atoms with Crippen LogP contribution in [0, 0.1) is 0 Å². The lowest BCUT2D eigenvalue weighted by atomic mass is 10.1. The predicted molar refractivity (Wildman–Crippen MR) is 131 cm³/mol. The van der Waals surface area contributed by atoms with Crippen LogP contribution in [0.25, 0.3) is 10.9 Å². The number of pyridine rings is 1. The molecule has 1 fully saturated rings. The number of nitrogens with one attached hydrogen (secondary N) is 2. The third-order valence-corrected chi connectivity index (χ3v) is 5.90. The second-order valence-corrected chi connectivity index (χ2v) is 8.51. The maximum atomic E-state index is 13.3. The van der Waals surface area contributed by atoms with Crippen molar-refractivity contribution in [3.8, 4) is 0 Å². The lowest BCUT2D eigenvalue weighted by Gasteiger charge is -2.27. The number of amides is 1. The van der Waals surface area contributed by atoms with Crippen LogP contribution in [0.1, 0.15) is 42.6 Å². The number of piperazine rings is 1. The van der Waals surface area contributed by atoms with Crippen molar-refractivity contribution >= 4 is 28.6 Å². The molecule has 1 saturated heterocycles. The summed E-state index contributed by atoms with van der Waals surface area (Å²) in [6.07, 6.45) is 3.69. The summed E-state index contributed by atoms with van der Waals surface area (Å²) in [5.41, 5.74) is 7.80. The molecular formula is C24H31N7O2. The van der Waals surface area contributed by atoms with Crippen molar-refractivity contribution in [3.63, 3.8) is 0 Å². The molecular weight excluding hydrogens is 418 g/mol. The lowest BCUT2D eigenvalue weighted by Crippen LogP contribution is -2.46. The molecule has 0 unspecified atom stereocenters. The molecule has 1 atom stereocenters. The minimum absolute atomic E-state index is 0.0394. The highest BCUT2D eigenvalue weighted by atomic mass is 16.2. The highest BCUT2D eigenvalue weighted by Crippen LogP contribution is 2.20. The normalized spacial score (nSPS) is 14.9. The van der Waals surface area contributed by atoms with Gasteiger partial charge in [0.25, 0.3) is 11.5 Å². The molecule has 1 aliphatic rings. The van der Waals surface area contributed by atoms with Crippen LogP contribution in [-0.2, 0) is 6.54 Å². The molecule has 33 heavy (non-hydrogen) atoms. The van der Waals surface area contributed by atoms with Gasteiger partial charge in [-0.2, -0.15) is 4.98 Å². The van der Waals surface area contributed by atoms with Crippen molar-refractivity contribution < 1.29 is 4.79 Å². The zero-order valence-corrected chi connectivity index (χ0v) is 19.2. The number of nitrogens with zero attached hydrogens (tertiary/aromatic N) is 4. The first kappa shape index (κ1) is 22.7. The van der Waals surface area contributed by atoms with Gasteiger partial charge in [-0.05, 0) is 37.1 Å². The van der Waals surface area contributed by atoms with Crippen LogP contribution in [0.4, 0.5) is 11.8 Å². The average molecular weight is 450 g/mol. The van der Waals surface area contributed by atoms with Gasteiger partial charge in [0.1, 0.15) is 11.2 Å². The molecule has 4 N–H and O–H groups in total. The number of anilines is 2. The number of nitrogens with two attached hydrogens (primary N) is 1. The minimum atomic E-state index is -0.181. The van der Waals surface area contributed by atoms with Gasteiger partial charge in [0.15, 0.2) is 0 Å². The Hall–Kier alpha value is -3.46. The smallest absolute Gasteiger partial charge is 0.264 e. The van der Waals surface area contributed by atoms with Crippen LogP contribution in [0.5, 0.6) is 0 Å². The Labute approximate surface area is 193 Å². The Morgan fingerprint density at radius 1 is 1.18 bits per heavy atom. The molecule has 2 aromatic heterocycles. The van der Waals surface area contributed by atoms with Gasteiger partial charge in [0.05, 0.1) is 12.1 Å². The van der Waals surface area contributed by atoms with E-state index >= 15 is 0 Å². The zero-order chi connectivity index (χ0) is 23.4. The highest BCUT2D eigenvalue weighted by molar-refractivity contribution is 5.94. The van der Waals surface area contributed by atoms with Gasteiger partial charge in [0.2, 0.25) is 5.95 Å². The molecule has 4 rings (SSSR count). The van der Waals surface area contributed by atoms with Gasteiger partial charge in [-0.25, -0.2) is 4.98 Å². The molecule has 9 heteroatoms. The van der Waals surface area contributed by atoms with Crippen molar-refractivity contribution in [2.45, 2.75) is 39.3 Å². The SMILES string of the molecule is CCC[C@@H](C)Nc1nc(N)nc2ccn(Cc3ccc(C(=O)N4CCNCC4)cc3)c(=O)c12. The summed E-state index contributed by atoms with van der Waals surface area (Å²) in [6.45, 7) is 7.61. The van der Waals surface area contributed by atoms with E-state index < -0.39 is 0 Å². The minimum Gasteiger partial charge on any atom is -0.368 e. The summed E-state index contributed by atoms with van der Waals surface area (Å²) >= 11 is 0. The van der Waals surface area contributed by atoms with E-state index in [4.69, 9.17) is 5.73 Å². The third-order valence-electron chi connectivity index (χ3n) is 5.90. The molecule has 1 amide bonds. The first-order chi connectivity index (χ1) is 16.0. The van der Waals surface area contributed by atoms with Crippen LogP contribution in [0.3, 0.4) is 0 Å². The van der Waals surface area contributed by atoms with Crippen molar-refractivity contribution in [2.75, 3.05) is 37.2 Å². The van der Waals surface area contributed by atoms with Crippen LogP contribution in [0.15, 0.2) is 41.3 Å². The van der Waals surface area contributed by atoms with Gasteiger partial charge in [-0.1, -0.05) is 25.5 Å². The number of aromatic nitrogens is 3. The van der Waals surface area contributed by atoms with E-state index in [2.05, 4.69) is 34.4 Å². The molecule has 3 heterocycles. The Morgan fingerprint density at radius 2 is 1.91 bits per heavy atom. The van der Waals surface area contributed by atoms with Crippen LogP contribution < -0.4 is 21.9 Å². The molecule has 1 aliphatic heterocycles. The number of nitrogen functional groups attached to an aromatic ring is 1. The molecule has 3 aromatic rings. The fourth-order valence-corrected chi connectivity index (χ4v) is 4.17. The molecule has 174 valence electrons. The first-order valence-corrected chi connectivity index (χ1v) is 11.5. The number of benzene rings is 1. The molecule has 9 nitrogen and oxygen atoms in total. The fraction of sp³-hybridized carbons (Fsp3) is 0.417. The van der Waals surface area contributed by atoms with E-state index in [1.54, 1.807) is 16.8 Å².